The molecule has 0 bridgehead atoms. The molecule has 20 heavy (non-hydrogen) atoms. The lowest BCUT2D eigenvalue weighted by atomic mass is 9.98. The lowest BCUT2D eigenvalue weighted by Gasteiger charge is -2.36. The third-order valence-corrected chi connectivity index (χ3v) is 4.76. The number of piperidine rings is 1. The average molecular weight is 295 g/mol. The highest BCUT2D eigenvalue weighted by Crippen LogP contribution is 2.24. The Hall–Kier alpha value is -0.570. The fraction of sp³-hybridized carbons (Fsp3) is 0.647. The second kappa shape index (κ2) is 8.02. The Kier molecular flexibility index (Phi) is 6.34. The summed E-state index contributed by atoms with van der Waals surface area (Å²) in [5.41, 5.74) is 1.30. The molecule has 2 atom stereocenters. The quantitative estimate of drug-likeness (QED) is 0.843. The smallest absolute Gasteiger partial charge is 0.0409 e. The zero-order valence-electron chi connectivity index (χ0n) is 12.7. The highest BCUT2D eigenvalue weighted by Gasteiger charge is 2.21. The zero-order valence-corrected chi connectivity index (χ0v) is 13.5. The number of likely N-dealkylation sites (tertiary alicyclic amines) is 1. The average Bonchev–Trinajstić information content (AvgIpc) is 2.48. The summed E-state index contributed by atoms with van der Waals surface area (Å²) in [6.07, 6.45) is 6.56. The van der Waals surface area contributed by atoms with Crippen molar-refractivity contribution in [1.29, 1.82) is 0 Å². The van der Waals surface area contributed by atoms with Crippen molar-refractivity contribution in [3.8, 4) is 0 Å². The topological polar surface area (TPSA) is 15.3 Å². The Morgan fingerprint density at radius 2 is 2.25 bits per heavy atom. The van der Waals surface area contributed by atoms with Gasteiger partial charge in [-0.3, -0.25) is 0 Å². The van der Waals surface area contributed by atoms with Gasteiger partial charge >= 0.3 is 0 Å². The van der Waals surface area contributed by atoms with Crippen LogP contribution in [0.3, 0.4) is 0 Å². The molecule has 0 radical (unpaired) electrons. The maximum atomic E-state index is 6.10. The third kappa shape index (κ3) is 4.21. The number of nitrogens with one attached hydrogen (secondary N) is 1. The fourth-order valence-electron chi connectivity index (χ4n) is 3.31. The summed E-state index contributed by atoms with van der Waals surface area (Å²) in [6.45, 7) is 4.76. The lowest BCUT2D eigenvalue weighted by molar-refractivity contribution is 0.138. The van der Waals surface area contributed by atoms with E-state index in [0.29, 0.717) is 6.04 Å². The molecular weight excluding hydrogens is 268 g/mol. The minimum Gasteiger partial charge on any atom is -0.313 e. The number of halogens is 1. The first kappa shape index (κ1) is 15.8. The molecule has 1 aliphatic rings. The normalized spacial score (nSPS) is 21.9. The molecular formula is C17H27ClN2. The van der Waals surface area contributed by atoms with Crippen LogP contribution in [0.5, 0.6) is 0 Å². The molecule has 2 unspecified atom stereocenters. The number of nitrogens with zero attached hydrogens (tertiary/aromatic N) is 1. The summed E-state index contributed by atoms with van der Waals surface area (Å²) in [5, 5.41) is 4.26. The van der Waals surface area contributed by atoms with Crippen molar-refractivity contribution in [2.75, 3.05) is 20.1 Å². The van der Waals surface area contributed by atoms with Gasteiger partial charge in [0.1, 0.15) is 0 Å². The van der Waals surface area contributed by atoms with Crippen LogP contribution in [0.1, 0.15) is 50.6 Å². The van der Waals surface area contributed by atoms with Crippen molar-refractivity contribution >= 4 is 11.6 Å². The molecule has 0 saturated carbocycles. The number of rotatable bonds is 6. The summed E-state index contributed by atoms with van der Waals surface area (Å²) in [6, 6.07) is 9.41. The van der Waals surface area contributed by atoms with Crippen LogP contribution in [-0.4, -0.2) is 31.1 Å². The number of hydrogen-bond donors (Lipinski definition) is 1. The first-order valence-electron chi connectivity index (χ1n) is 7.91. The number of benzene rings is 1. The Labute approximate surface area is 128 Å². The largest absolute Gasteiger partial charge is 0.313 e. The van der Waals surface area contributed by atoms with Crippen molar-refractivity contribution < 1.29 is 0 Å². The summed E-state index contributed by atoms with van der Waals surface area (Å²) in [5.74, 6) is 0. The van der Waals surface area contributed by atoms with Crippen molar-refractivity contribution in [3.63, 3.8) is 0 Å². The van der Waals surface area contributed by atoms with Crippen LogP contribution in [0.2, 0.25) is 5.02 Å². The van der Waals surface area contributed by atoms with Gasteiger partial charge in [0.2, 0.25) is 0 Å². The van der Waals surface area contributed by atoms with Gasteiger partial charge in [-0.15, -0.1) is 0 Å². The molecule has 112 valence electrons. The second-order valence-corrected chi connectivity index (χ2v) is 6.22. The van der Waals surface area contributed by atoms with Crippen LogP contribution in [0, 0.1) is 0 Å². The van der Waals surface area contributed by atoms with E-state index in [0.717, 1.165) is 17.5 Å². The van der Waals surface area contributed by atoms with Crippen LogP contribution >= 0.6 is 11.6 Å². The molecule has 1 heterocycles. The van der Waals surface area contributed by atoms with Crippen LogP contribution in [-0.2, 0) is 0 Å². The van der Waals surface area contributed by atoms with Gasteiger partial charge in [-0.1, -0.05) is 37.1 Å². The predicted octanol–water partition coefficient (Wildman–Crippen LogP) is 4.26. The van der Waals surface area contributed by atoms with Crippen LogP contribution in [0.25, 0.3) is 0 Å². The lowest BCUT2D eigenvalue weighted by Crippen LogP contribution is -2.40. The van der Waals surface area contributed by atoms with Crippen molar-refractivity contribution in [2.24, 2.45) is 0 Å². The molecule has 1 aliphatic heterocycles. The van der Waals surface area contributed by atoms with Gasteiger partial charge in [-0.05, 0) is 57.0 Å². The van der Waals surface area contributed by atoms with Gasteiger partial charge in [0.15, 0.2) is 0 Å². The van der Waals surface area contributed by atoms with Gasteiger partial charge in [-0.2, -0.15) is 0 Å². The summed E-state index contributed by atoms with van der Waals surface area (Å²) in [4.78, 5) is 2.68. The van der Waals surface area contributed by atoms with E-state index in [1.54, 1.807) is 0 Å². The molecule has 1 saturated heterocycles. The summed E-state index contributed by atoms with van der Waals surface area (Å²) in [7, 11) is 2.04. The monoisotopic (exact) mass is 294 g/mol. The third-order valence-electron chi connectivity index (χ3n) is 4.52. The fourth-order valence-corrected chi connectivity index (χ4v) is 3.51. The van der Waals surface area contributed by atoms with Crippen LogP contribution in [0.4, 0.5) is 0 Å². The van der Waals surface area contributed by atoms with Crippen LogP contribution in [0.15, 0.2) is 24.3 Å². The summed E-state index contributed by atoms with van der Waals surface area (Å²) >= 11 is 6.10. The highest BCUT2D eigenvalue weighted by atomic mass is 35.5. The minimum atomic E-state index is 0.396. The molecule has 0 aromatic heterocycles. The van der Waals surface area contributed by atoms with Gasteiger partial charge in [0, 0.05) is 23.7 Å². The maximum absolute atomic E-state index is 6.10. The van der Waals surface area contributed by atoms with Crippen LogP contribution < -0.4 is 5.32 Å². The number of hydrogen-bond acceptors (Lipinski definition) is 2. The van der Waals surface area contributed by atoms with E-state index in [-0.39, 0.29) is 0 Å². The first-order chi connectivity index (χ1) is 9.74. The van der Waals surface area contributed by atoms with E-state index in [2.05, 4.69) is 29.3 Å². The first-order valence-corrected chi connectivity index (χ1v) is 8.29. The van der Waals surface area contributed by atoms with E-state index in [4.69, 9.17) is 11.6 Å². The molecule has 2 rings (SSSR count). The van der Waals surface area contributed by atoms with E-state index in [9.17, 15) is 0 Å². The summed E-state index contributed by atoms with van der Waals surface area (Å²) < 4.78 is 0. The Morgan fingerprint density at radius 1 is 1.40 bits per heavy atom. The SMILES string of the molecule is CCC1CCCCN1CCC(NC)c1cccc(Cl)c1. The van der Waals surface area contributed by atoms with E-state index >= 15 is 0 Å². The van der Waals surface area contributed by atoms with Gasteiger partial charge in [0.25, 0.3) is 0 Å². The van der Waals surface area contributed by atoms with E-state index in [1.807, 2.05) is 19.2 Å². The molecule has 0 amide bonds. The molecule has 2 nitrogen and oxygen atoms in total. The zero-order chi connectivity index (χ0) is 14.4. The predicted molar refractivity (Wildman–Crippen MR) is 87.4 cm³/mol. The molecule has 1 aromatic rings. The van der Waals surface area contributed by atoms with Gasteiger partial charge < -0.3 is 10.2 Å². The molecule has 0 spiro atoms. The molecule has 1 aromatic carbocycles. The Bertz CT molecular complexity index is 408. The molecule has 0 aliphatic carbocycles. The standard InChI is InChI=1S/C17H27ClN2/c1-3-16-9-4-5-11-20(16)12-10-17(19-2)14-7-6-8-15(18)13-14/h6-8,13,16-17,19H,3-5,9-12H2,1-2H3. The van der Waals surface area contributed by atoms with Gasteiger partial charge in [-0.25, -0.2) is 0 Å². The molecule has 3 heteroatoms. The highest BCUT2D eigenvalue weighted by molar-refractivity contribution is 6.30. The molecule has 1 fully saturated rings. The van der Waals surface area contributed by atoms with E-state index < -0.39 is 0 Å². The Morgan fingerprint density at radius 3 is 2.95 bits per heavy atom. The second-order valence-electron chi connectivity index (χ2n) is 5.78. The minimum absolute atomic E-state index is 0.396. The van der Waals surface area contributed by atoms with Gasteiger partial charge in [0.05, 0.1) is 0 Å². The molecule has 1 N–H and O–H groups in total. The van der Waals surface area contributed by atoms with Crippen molar-refractivity contribution in [3.05, 3.63) is 34.9 Å². The maximum Gasteiger partial charge on any atom is 0.0409 e. The Balaban J connectivity index is 1.93. The van der Waals surface area contributed by atoms with Crippen molar-refractivity contribution in [2.45, 2.75) is 51.1 Å². The van der Waals surface area contributed by atoms with E-state index in [1.165, 1.54) is 44.3 Å². The van der Waals surface area contributed by atoms with Crippen molar-refractivity contribution in [1.82, 2.24) is 10.2 Å².